The van der Waals surface area contributed by atoms with E-state index in [0.29, 0.717) is 5.92 Å². The van der Waals surface area contributed by atoms with Crippen LogP contribution in [-0.4, -0.2) is 4.40 Å². The van der Waals surface area contributed by atoms with E-state index in [2.05, 4.69) is 124 Å². The van der Waals surface area contributed by atoms with Gasteiger partial charge in [-0.3, -0.25) is 0 Å². The Balaban J connectivity index is 1.88. The van der Waals surface area contributed by atoms with Crippen molar-refractivity contribution in [2.45, 2.75) is 54.4 Å². The molecule has 0 aliphatic rings. The van der Waals surface area contributed by atoms with Crippen LogP contribution >= 0.6 is 0 Å². The van der Waals surface area contributed by atoms with Crippen molar-refractivity contribution in [1.29, 1.82) is 0 Å². The maximum absolute atomic E-state index is 2.65. The molecule has 4 aromatic carbocycles. The lowest BCUT2D eigenvalue weighted by atomic mass is 9.86. The lowest BCUT2D eigenvalue weighted by molar-refractivity contribution is -0.643. The summed E-state index contributed by atoms with van der Waals surface area (Å²) in [7, 11) is 2.22. The molecular formula is C36H37N2+. The third kappa shape index (κ3) is 3.16. The molecule has 0 fully saturated rings. The Morgan fingerprint density at radius 2 is 1.55 bits per heavy atom. The van der Waals surface area contributed by atoms with Crippen LogP contribution in [0.3, 0.4) is 0 Å². The van der Waals surface area contributed by atoms with Crippen LogP contribution in [0.5, 0.6) is 0 Å². The van der Waals surface area contributed by atoms with Crippen molar-refractivity contribution < 1.29 is 4.57 Å². The molecule has 0 atom stereocenters. The van der Waals surface area contributed by atoms with Crippen LogP contribution in [0.1, 0.15) is 51.3 Å². The summed E-state index contributed by atoms with van der Waals surface area (Å²) in [6.45, 7) is 14.1. The Labute approximate surface area is 224 Å². The van der Waals surface area contributed by atoms with Crippen molar-refractivity contribution in [2.24, 2.45) is 18.4 Å². The summed E-state index contributed by atoms with van der Waals surface area (Å²) in [5.74, 6) is 0.556. The molecule has 0 unspecified atom stereocenters. The minimum Gasteiger partial charge on any atom is -0.307 e. The zero-order chi connectivity index (χ0) is 26.5. The average molecular weight is 498 g/mol. The van der Waals surface area contributed by atoms with Crippen molar-refractivity contribution in [2.75, 3.05) is 0 Å². The number of aromatic nitrogens is 2. The van der Waals surface area contributed by atoms with Gasteiger partial charge in [0.2, 0.25) is 5.52 Å². The van der Waals surface area contributed by atoms with Gasteiger partial charge in [0.15, 0.2) is 6.20 Å². The quantitative estimate of drug-likeness (QED) is 0.131. The fourth-order valence-corrected chi connectivity index (χ4v) is 7.14. The molecule has 7 rings (SSSR count). The topological polar surface area (TPSA) is 8.29 Å². The molecule has 0 amide bonds. The second kappa shape index (κ2) is 7.93. The number of rotatable bonds is 3. The average Bonchev–Trinajstić information content (AvgIpc) is 3.21. The summed E-state index contributed by atoms with van der Waals surface area (Å²) in [6.07, 6.45) is 4.35. The Morgan fingerprint density at radius 3 is 2.29 bits per heavy atom. The van der Waals surface area contributed by atoms with Crippen LogP contribution < -0.4 is 4.57 Å². The Kier molecular flexibility index (Phi) is 4.90. The molecule has 0 N–H and O–H groups in total. The van der Waals surface area contributed by atoms with Gasteiger partial charge in [0.05, 0.1) is 27.3 Å². The second-order valence-corrected chi connectivity index (χ2v) is 13.1. The fraction of sp³-hybridized carbons (Fsp3) is 0.306. The Morgan fingerprint density at radius 1 is 0.789 bits per heavy atom. The SMILES string of the molecule is Cc1c2ccccc2c(CC(C)C)c2c1c1c3c(ccc4c5c(CC(C)(C)C)cccc5n2c43)cc[n+]1C. The standard InChI is InChI=1S/C36H37N2/c1-21(2)19-28-26-13-9-8-12-25(26)22(3)30-34(28)38-29-14-10-11-24(20-36(4,5)6)31(29)27-16-15-23-17-18-37(7)35(30)32(23)33(27)38/h8-18,21H,19-20H2,1-7H3/q+1. The summed E-state index contributed by atoms with van der Waals surface area (Å²) in [6, 6.07) is 23.1. The Hall–Kier alpha value is -3.65. The van der Waals surface area contributed by atoms with Gasteiger partial charge in [0.1, 0.15) is 7.05 Å². The van der Waals surface area contributed by atoms with Gasteiger partial charge < -0.3 is 4.40 Å². The number of hydrogen-bond donors (Lipinski definition) is 0. The number of nitrogens with zero attached hydrogens (tertiary/aromatic N) is 2. The first kappa shape index (κ1) is 23.5. The maximum atomic E-state index is 2.65. The van der Waals surface area contributed by atoms with Crippen molar-refractivity contribution >= 4 is 59.8 Å². The highest BCUT2D eigenvalue weighted by molar-refractivity contribution is 6.29. The minimum absolute atomic E-state index is 0.213. The largest absolute Gasteiger partial charge is 0.307 e. The normalized spacial score (nSPS) is 13.1. The van der Waals surface area contributed by atoms with Crippen LogP contribution in [0.15, 0.2) is 66.9 Å². The summed E-state index contributed by atoms with van der Waals surface area (Å²) < 4.78 is 5.01. The molecule has 0 bridgehead atoms. The van der Waals surface area contributed by atoms with Gasteiger partial charge in [-0.25, -0.2) is 4.57 Å². The molecule has 0 saturated carbocycles. The lowest BCUT2D eigenvalue weighted by Gasteiger charge is -2.20. The van der Waals surface area contributed by atoms with E-state index < -0.39 is 0 Å². The number of aryl methyl sites for hydroxylation is 2. The number of benzene rings is 4. The van der Waals surface area contributed by atoms with Gasteiger partial charge in [-0.15, -0.1) is 0 Å². The highest BCUT2D eigenvalue weighted by Crippen LogP contribution is 2.45. The number of pyridine rings is 2. The van der Waals surface area contributed by atoms with Crippen LogP contribution in [0.4, 0.5) is 0 Å². The molecular weight excluding hydrogens is 460 g/mol. The summed E-state index contributed by atoms with van der Waals surface area (Å²) in [4.78, 5) is 0. The molecule has 0 saturated heterocycles. The van der Waals surface area contributed by atoms with E-state index in [-0.39, 0.29) is 5.41 Å². The van der Waals surface area contributed by atoms with E-state index >= 15 is 0 Å². The Bertz CT molecular complexity index is 2050. The predicted octanol–water partition coefficient (Wildman–Crippen LogP) is 9.06. The molecule has 0 aliphatic carbocycles. The summed E-state index contributed by atoms with van der Waals surface area (Å²) in [5, 5.41) is 9.67. The smallest absolute Gasteiger partial charge is 0.224 e. The molecule has 0 spiro atoms. The maximum Gasteiger partial charge on any atom is 0.224 e. The molecule has 3 heterocycles. The van der Waals surface area contributed by atoms with Crippen molar-refractivity contribution in [3.05, 3.63) is 83.6 Å². The van der Waals surface area contributed by atoms with Gasteiger partial charge in [-0.1, -0.05) is 83.1 Å². The van der Waals surface area contributed by atoms with Crippen LogP contribution in [0.2, 0.25) is 0 Å². The third-order valence-electron chi connectivity index (χ3n) is 8.49. The van der Waals surface area contributed by atoms with Gasteiger partial charge in [0, 0.05) is 16.8 Å². The van der Waals surface area contributed by atoms with Gasteiger partial charge in [0.25, 0.3) is 0 Å². The summed E-state index contributed by atoms with van der Waals surface area (Å²) in [5.41, 5.74) is 9.97. The van der Waals surface area contributed by atoms with E-state index in [1.807, 2.05) is 0 Å². The predicted molar refractivity (Wildman–Crippen MR) is 164 cm³/mol. The highest BCUT2D eigenvalue weighted by atomic mass is 15.0. The summed E-state index contributed by atoms with van der Waals surface area (Å²) >= 11 is 0. The zero-order valence-corrected chi connectivity index (χ0v) is 23.7. The highest BCUT2D eigenvalue weighted by Gasteiger charge is 2.28. The van der Waals surface area contributed by atoms with E-state index in [9.17, 15) is 0 Å². The minimum atomic E-state index is 0.213. The van der Waals surface area contributed by atoms with Crippen LogP contribution in [0.25, 0.3) is 59.8 Å². The molecule has 3 aromatic heterocycles. The van der Waals surface area contributed by atoms with Crippen molar-refractivity contribution in [3.8, 4) is 0 Å². The molecule has 0 radical (unpaired) electrons. The first-order valence-electron chi connectivity index (χ1n) is 14.1. The molecule has 7 aromatic rings. The third-order valence-corrected chi connectivity index (χ3v) is 8.49. The van der Waals surface area contributed by atoms with Crippen LogP contribution in [0, 0.1) is 18.3 Å². The van der Waals surface area contributed by atoms with E-state index in [4.69, 9.17) is 0 Å². The van der Waals surface area contributed by atoms with Gasteiger partial charge in [-0.05, 0) is 70.0 Å². The first-order valence-corrected chi connectivity index (χ1v) is 14.1. The molecule has 2 nitrogen and oxygen atoms in total. The fourth-order valence-electron chi connectivity index (χ4n) is 7.14. The monoisotopic (exact) mass is 497 g/mol. The molecule has 38 heavy (non-hydrogen) atoms. The first-order chi connectivity index (χ1) is 18.2. The van der Waals surface area contributed by atoms with E-state index in [1.54, 1.807) is 0 Å². The zero-order valence-electron chi connectivity index (χ0n) is 23.7. The van der Waals surface area contributed by atoms with Crippen molar-refractivity contribution in [3.63, 3.8) is 0 Å². The number of fused-ring (bicyclic) bond motifs is 7. The number of hydrogen-bond acceptors (Lipinski definition) is 0. The second-order valence-electron chi connectivity index (χ2n) is 13.1. The molecule has 190 valence electrons. The lowest BCUT2D eigenvalue weighted by Crippen LogP contribution is -2.29. The van der Waals surface area contributed by atoms with Gasteiger partial charge >= 0.3 is 0 Å². The van der Waals surface area contributed by atoms with E-state index in [1.165, 1.54) is 76.5 Å². The van der Waals surface area contributed by atoms with Crippen molar-refractivity contribution in [1.82, 2.24) is 4.40 Å². The van der Waals surface area contributed by atoms with Crippen LogP contribution in [-0.2, 0) is 19.9 Å². The molecule has 2 heteroatoms. The molecule has 0 aliphatic heterocycles. The van der Waals surface area contributed by atoms with E-state index in [0.717, 1.165) is 12.8 Å². The van der Waals surface area contributed by atoms with Gasteiger partial charge in [-0.2, -0.15) is 0 Å².